The first-order valence-corrected chi connectivity index (χ1v) is 7.68. The molecule has 108 valence electrons. The van der Waals surface area contributed by atoms with Gasteiger partial charge < -0.3 is 5.73 Å². The molecule has 3 rings (SSSR count). The number of rotatable bonds is 5. The van der Waals surface area contributed by atoms with Gasteiger partial charge in [-0.2, -0.15) is 0 Å². The molecular weight excluding hydrogens is 258 g/mol. The summed E-state index contributed by atoms with van der Waals surface area (Å²) in [6, 6.07) is 17.5. The van der Waals surface area contributed by atoms with Crippen LogP contribution in [-0.2, 0) is 6.42 Å². The fraction of sp³-hybridized carbons (Fsp3) is 0.316. The van der Waals surface area contributed by atoms with Gasteiger partial charge in [0.25, 0.3) is 0 Å². The molecule has 0 spiro atoms. The minimum absolute atomic E-state index is 0.0707. The number of Topliss-reactive ketones (excluding diaryl/α,β-unsaturated/α-hetero) is 1. The second kappa shape index (κ2) is 6.23. The Kier molecular flexibility index (Phi) is 4.16. The maximum Gasteiger partial charge on any atom is 0.180 e. The quantitative estimate of drug-likeness (QED) is 0.848. The number of hydrogen-bond donors (Lipinski definition) is 1. The molecule has 0 heterocycles. The predicted octanol–water partition coefficient (Wildman–Crippen LogP) is 3.71. The highest BCUT2D eigenvalue weighted by atomic mass is 16.1. The minimum Gasteiger partial charge on any atom is -0.321 e. The summed E-state index contributed by atoms with van der Waals surface area (Å²) < 4.78 is 0. The second-order valence-corrected chi connectivity index (χ2v) is 5.88. The number of ketones is 1. The van der Waals surface area contributed by atoms with Gasteiger partial charge in [0.1, 0.15) is 0 Å². The van der Waals surface area contributed by atoms with Crippen molar-refractivity contribution in [2.75, 3.05) is 0 Å². The lowest BCUT2D eigenvalue weighted by Gasteiger charge is -2.28. The van der Waals surface area contributed by atoms with Gasteiger partial charge in [-0.15, -0.1) is 0 Å². The largest absolute Gasteiger partial charge is 0.321 e. The molecule has 2 aromatic carbocycles. The van der Waals surface area contributed by atoms with Crippen LogP contribution in [0.5, 0.6) is 0 Å². The predicted molar refractivity (Wildman–Crippen MR) is 85.5 cm³/mol. The van der Waals surface area contributed by atoms with Crippen LogP contribution in [0, 0.1) is 0 Å². The molecule has 0 bridgehead atoms. The molecule has 0 aromatic heterocycles. The fourth-order valence-electron chi connectivity index (χ4n) is 2.96. The zero-order valence-corrected chi connectivity index (χ0v) is 12.2. The molecular formula is C19H21NO. The molecule has 1 aliphatic rings. The van der Waals surface area contributed by atoms with Crippen molar-refractivity contribution in [3.8, 4) is 0 Å². The Morgan fingerprint density at radius 2 is 1.71 bits per heavy atom. The topological polar surface area (TPSA) is 43.1 Å². The van der Waals surface area contributed by atoms with Crippen LogP contribution >= 0.6 is 0 Å². The molecule has 21 heavy (non-hydrogen) atoms. The summed E-state index contributed by atoms with van der Waals surface area (Å²) in [5, 5.41) is 0. The van der Waals surface area contributed by atoms with Crippen LogP contribution in [0.2, 0.25) is 0 Å². The van der Waals surface area contributed by atoms with E-state index in [4.69, 9.17) is 5.73 Å². The van der Waals surface area contributed by atoms with Gasteiger partial charge in [0.2, 0.25) is 0 Å². The third-order valence-electron chi connectivity index (χ3n) is 4.41. The van der Waals surface area contributed by atoms with Crippen LogP contribution in [0.3, 0.4) is 0 Å². The summed E-state index contributed by atoms with van der Waals surface area (Å²) in [6.45, 7) is 0. The maximum atomic E-state index is 12.7. The van der Waals surface area contributed by atoms with E-state index in [9.17, 15) is 4.79 Å². The molecule has 2 heteroatoms. The molecule has 0 saturated heterocycles. The van der Waals surface area contributed by atoms with Crippen molar-refractivity contribution < 1.29 is 4.79 Å². The van der Waals surface area contributed by atoms with Gasteiger partial charge in [0.05, 0.1) is 6.04 Å². The molecule has 0 amide bonds. The second-order valence-electron chi connectivity index (χ2n) is 5.88. The van der Waals surface area contributed by atoms with Gasteiger partial charge in [0.15, 0.2) is 5.78 Å². The number of carbonyl (C=O) groups excluding carboxylic acids is 1. The van der Waals surface area contributed by atoms with Crippen molar-refractivity contribution in [3.63, 3.8) is 0 Å². The first-order chi connectivity index (χ1) is 10.3. The summed E-state index contributed by atoms with van der Waals surface area (Å²) in [7, 11) is 0. The first kappa shape index (κ1) is 14.0. The molecule has 2 aromatic rings. The Labute approximate surface area is 126 Å². The Hall–Kier alpha value is -1.93. The lowest BCUT2D eigenvalue weighted by atomic mass is 9.77. The van der Waals surface area contributed by atoms with Gasteiger partial charge >= 0.3 is 0 Å². The van der Waals surface area contributed by atoms with E-state index in [2.05, 4.69) is 6.07 Å². The highest BCUT2D eigenvalue weighted by Gasteiger charge is 2.26. The zero-order valence-electron chi connectivity index (χ0n) is 12.2. The average Bonchev–Trinajstić information content (AvgIpc) is 2.46. The average molecular weight is 279 g/mol. The fourth-order valence-corrected chi connectivity index (χ4v) is 2.96. The lowest BCUT2D eigenvalue weighted by molar-refractivity contribution is 0.0959. The maximum absolute atomic E-state index is 12.7. The monoisotopic (exact) mass is 279 g/mol. The normalized spacial score (nSPS) is 16.2. The summed E-state index contributed by atoms with van der Waals surface area (Å²) in [5.41, 5.74) is 9.29. The van der Waals surface area contributed by atoms with E-state index in [1.807, 2.05) is 48.5 Å². The van der Waals surface area contributed by atoms with Crippen molar-refractivity contribution in [2.24, 2.45) is 5.73 Å². The Bertz CT molecular complexity index is 616. The van der Waals surface area contributed by atoms with Crippen LogP contribution in [0.15, 0.2) is 54.6 Å². The van der Waals surface area contributed by atoms with Crippen LogP contribution in [0.4, 0.5) is 0 Å². The lowest BCUT2D eigenvalue weighted by Crippen LogP contribution is -2.33. The molecule has 1 unspecified atom stereocenters. The molecule has 0 aliphatic heterocycles. The van der Waals surface area contributed by atoms with Crippen LogP contribution in [0.1, 0.15) is 46.7 Å². The van der Waals surface area contributed by atoms with Gasteiger partial charge in [0, 0.05) is 5.56 Å². The van der Waals surface area contributed by atoms with Crippen LogP contribution in [-0.4, -0.2) is 11.8 Å². The van der Waals surface area contributed by atoms with E-state index < -0.39 is 6.04 Å². The van der Waals surface area contributed by atoms with E-state index in [-0.39, 0.29) is 5.78 Å². The zero-order chi connectivity index (χ0) is 14.7. The van der Waals surface area contributed by atoms with Crippen LogP contribution < -0.4 is 5.73 Å². The highest BCUT2D eigenvalue weighted by Crippen LogP contribution is 2.38. The van der Waals surface area contributed by atoms with E-state index in [1.54, 1.807) is 0 Å². The van der Waals surface area contributed by atoms with E-state index >= 15 is 0 Å². The van der Waals surface area contributed by atoms with Crippen molar-refractivity contribution in [1.82, 2.24) is 0 Å². The van der Waals surface area contributed by atoms with E-state index in [0.717, 1.165) is 11.1 Å². The minimum atomic E-state index is -0.464. The molecule has 1 atom stereocenters. The summed E-state index contributed by atoms with van der Waals surface area (Å²) in [6.07, 6.45) is 4.25. The number of nitrogens with two attached hydrogens (primary N) is 1. The Balaban J connectivity index is 1.78. The molecule has 1 aliphatic carbocycles. The number of hydrogen-bond acceptors (Lipinski definition) is 2. The smallest absolute Gasteiger partial charge is 0.180 e. The molecule has 1 fully saturated rings. The number of benzene rings is 2. The van der Waals surface area contributed by atoms with Crippen molar-refractivity contribution in [1.29, 1.82) is 0 Å². The summed E-state index contributed by atoms with van der Waals surface area (Å²) in [5.74, 6) is 0.621. The van der Waals surface area contributed by atoms with Crippen molar-refractivity contribution in [3.05, 3.63) is 71.3 Å². The molecule has 2 nitrogen and oxygen atoms in total. The van der Waals surface area contributed by atoms with Crippen molar-refractivity contribution in [2.45, 2.75) is 37.6 Å². The van der Waals surface area contributed by atoms with Gasteiger partial charge in [-0.05, 0) is 36.3 Å². The summed E-state index contributed by atoms with van der Waals surface area (Å²) in [4.78, 5) is 12.7. The first-order valence-electron chi connectivity index (χ1n) is 7.68. The molecule has 0 radical (unpaired) electrons. The molecule has 2 N–H and O–H groups in total. The third kappa shape index (κ3) is 3.06. The standard InChI is InChI=1S/C19H21NO/c20-18(13-14-7-2-1-3-8-14)19(21)17-12-5-4-11-16(17)15-9-6-10-15/h1-5,7-8,11-12,15,18H,6,9-10,13,20H2. The van der Waals surface area contributed by atoms with Crippen molar-refractivity contribution >= 4 is 5.78 Å². The summed E-state index contributed by atoms with van der Waals surface area (Å²) >= 11 is 0. The Morgan fingerprint density at radius 3 is 2.38 bits per heavy atom. The van der Waals surface area contributed by atoms with Gasteiger partial charge in [-0.3, -0.25) is 4.79 Å². The van der Waals surface area contributed by atoms with Gasteiger partial charge in [-0.25, -0.2) is 0 Å². The van der Waals surface area contributed by atoms with Gasteiger partial charge in [-0.1, -0.05) is 61.0 Å². The SMILES string of the molecule is NC(Cc1ccccc1)C(=O)c1ccccc1C1CCC1. The third-order valence-corrected chi connectivity index (χ3v) is 4.41. The van der Waals surface area contributed by atoms with E-state index in [0.29, 0.717) is 12.3 Å². The van der Waals surface area contributed by atoms with Crippen LogP contribution in [0.25, 0.3) is 0 Å². The number of carbonyl (C=O) groups is 1. The molecule has 1 saturated carbocycles. The Morgan fingerprint density at radius 1 is 1.05 bits per heavy atom. The highest BCUT2D eigenvalue weighted by molar-refractivity contribution is 6.01. The van der Waals surface area contributed by atoms with E-state index in [1.165, 1.54) is 24.8 Å².